The molecule has 130 valence electrons. The van der Waals surface area contributed by atoms with E-state index in [0.29, 0.717) is 0 Å². The van der Waals surface area contributed by atoms with Crippen molar-refractivity contribution in [1.82, 2.24) is 15.1 Å². The van der Waals surface area contributed by atoms with Crippen LogP contribution in [0.2, 0.25) is 0 Å². The van der Waals surface area contributed by atoms with Gasteiger partial charge in [0.05, 0.1) is 11.8 Å². The van der Waals surface area contributed by atoms with E-state index in [1.165, 1.54) is 17.0 Å². The zero-order valence-electron chi connectivity index (χ0n) is 15.0. The SMILES string of the molecule is CCc1nn(C)c(CC)c1CNCC1(C(O)c2ccccc2)CC1. The van der Waals surface area contributed by atoms with Crippen LogP contribution in [0.5, 0.6) is 0 Å². The molecule has 1 heterocycles. The highest BCUT2D eigenvalue weighted by molar-refractivity contribution is 5.27. The lowest BCUT2D eigenvalue weighted by Crippen LogP contribution is -2.29. The Bertz CT molecular complexity index is 674. The van der Waals surface area contributed by atoms with Crippen molar-refractivity contribution in [3.8, 4) is 0 Å². The molecule has 4 nitrogen and oxygen atoms in total. The molecule has 0 saturated heterocycles. The molecule has 0 aliphatic heterocycles. The van der Waals surface area contributed by atoms with Crippen molar-refractivity contribution in [2.75, 3.05) is 6.54 Å². The van der Waals surface area contributed by atoms with Gasteiger partial charge in [0.1, 0.15) is 0 Å². The molecule has 1 aromatic carbocycles. The minimum absolute atomic E-state index is 0.00230. The molecule has 1 atom stereocenters. The van der Waals surface area contributed by atoms with Crippen LogP contribution >= 0.6 is 0 Å². The van der Waals surface area contributed by atoms with Crippen molar-refractivity contribution in [3.63, 3.8) is 0 Å². The van der Waals surface area contributed by atoms with Crippen LogP contribution < -0.4 is 5.32 Å². The maximum absolute atomic E-state index is 10.8. The van der Waals surface area contributed by atoms with Gasteiger partial charge in [-0.25, -0.2) is 0 Å². The Kier molecular flexibility index (Phi) is 5.07. The molecule has 0 amide bonds. The first-order valence-electron chi connectivity index (χ1n) is 9.08. The van der Waals surface area contributed by atoms with Crippen molar-refractivity contribution >= 4 is 0 Å². The number of aliphatic hydroxyl groups excluding tert-OH is 1. The first-order chi connectivity index (χ1) is 11.6. The molecule has 0 bridgehead atoms. The molecule has 1 aliphatic rings. The summed E-state index contributed by atoms with van der Waals surface area (Å²) in [5.41, 5.74) is 4.87. The molecule has 1 aromatic heterocycles. The van der Waals surface area contributed by atoms with Crippen LogP contribution in [0.4, 0.5) is 0 Å². The molecular formula is C20H29N3O. The number of nitrogens with one attached hydrogen (secondary N) is 1. The quantitative estimate of drug-likeness (QED) is 0.783. The van der Waals surface area contributed by atoms with Gasteiger partial charge < -0.3 is 10.4 Å². The van der Waals surface area contributed by atoms with E-state index in [0.717, 1.165) is 44.3 Å². The summed E-state index contributed by atoms with van der Waals surface area (Å²) in [7, 11) is 2.03. The minimum Gasteiger partial charge on any atom is -0.388 e. The van der Waals surface area contributed by atoms with Gasteiger partial charge in [-0.2, -0.15) is 5.10 Å². The van der Waals surface area contributed by atoms with Crippen LogP contribution in [0.15, 0.2) is 30.3 Å². The van der Waals surface area contributed by atoms with Crippen LogP contribution in [0.25, 0.3) is 0 Å². The molecular weight excluding hydrogens is 298 g/mol. The smallest absolute Gasteiger partial charge is 0.0858 e. The van der Waals surface area contributed by atoms with E-state index in [2.05, 4.69) is 24.3 Å². The highest BCUT2D eigenvalue weighted by Crippen LogP contribution is 2.54. The fourth-order valence-corrected chi connectivity index (χ4v) is 3.73. The number of aliphatic hydroxyl groups is 1. The lowest BCUT2D eigenvalue weighted by molar-refractivity contribution is 0.0917. The lowest BCUT2D eigenvalue weighted by Gasteiger charge is -2.23. The van der Waals surface area contributed by atoms with Crippen LogP contribution in [0.3, 0.4) is 0 Å². The van der Waals surface area contributed by atoms with Gasteiger partial charge in [0.25, 0.3) is 0 Å². The van der Waals surface area contributed by atoms with E-state index in [1.54, 1.807) is 0 Å². The summed E-state index contributed by atoms with van der Waals surface area (Å²) in [6.07, 6.45) is 3.76. The Hall–Kier alpha value is -1.65. The van der Waals surface area contributed by atoms with E-state index in [4.69, 9.17) is 0 Å². The molecule has 2 aromatic rings. The van der Waals surface area contributed by atoms with Crippen molar-refractivity contribution in [2.24, 2.45) is 12.5 Å². The van der Waals surface area contributed by atoms with Crippen molar-refractivity contribution in [2.45, 2.75) is 52.2 Å². The number of benzene rings is 1. The average Bonchev–Trinajstić information content (AvgIpc) is 3.33. The second-order valence-corrected chi connectivity index (χ2v) is 6.98. The first-order valence-corrected chi connectivity index (χ1v) is 9.08. The number of rotatable bonds is 8. The van der Waals surface area contributed by atoms with Crippen LogP contribution in [0, 0.1) is 5.41 Å². The summed E-state index contributed by atoms with van der Waals surface area (Å²) in [4.78, 5) is 0. The molecule has 1 saturated carbocycles. The second-order valence-electron chi connectivity index (χ2n) is 6.98. The Morgan fingerprint density at radius 3 is 2.50 bits per heavy atom. The third-order valence-corrected chi connectivity index (χ3v) is 5.39. The van der Waals surface area contributed by atoms with Crippen molar-refractivity contribution < 1.29 is 5.11 Å². The summed E-state index contributed by atoms with van der Waals surface area (Å²) in [5.74, 6) is 0. The van der Waals surface area contributed by atoms with Gasteiger partial charge >= 0.3 is 0 Å². The largest absolute Gasteiger partial charge is 0.388 e. The number of aryl methyl sites for hydroxylation is 2. The van der Waals surface area contributed by atoms with E-state index in [-0.39, 0.29) is 11.5 Å². The Morgan fingerprint density at radius 2 is 1.92 bits per heavy atom. The van der Waals surface area contributed by atoms with Crippen molar-refractivity contribution in [1.29, 1.82) is 0 Å². The van der Waals surface area contributed by atoms with E-state index in [9.17, 15) is 5.11 Å². The van der Waals surface area contributed by atoms with Gasteiger partial charge in [-0.15, -0.1) is 0 Å². The topological polar surface area (TPSA) is 50.1 Å². The highest BCUT2D eigenvalue weighted by atomic mass is 16.3. The Morgan fingerprint density at radius 1 is 1.21 bits per heavy atom. The molecule has 2 N–H and O–H groups in total. The van der Waals surface area contributed by atoms with Gasteiger partial charge in [0.2, 0.25) is 0 Å². The van der Waals surface area contributed by atoms with Gasteiger partial charge in [-0.1, -0.05) is 44.2 Å². The summed E-state index contributed by atoms with van der Waals surface area (Å²) < 4.78 is 2.02. The normalized spacial score (nSPS) is 17.0. The monoisotopic (exact) mass is 327 g/mol. The third kappa shape index (κ3) is 3.26. The van der Waals surface area contributed by atoms with Crippen molar-refractivity contribution in [3.05, 3.63) is 52.8 Å². The zero-order valence-corrected chi connectivity index (χ0v) is 15.0. The summed E-state index contributed by atoms with van der Waals surface area (Å²) >= 11 is 0. The van der Waals surface area contributed by atoms with Crippen LogP contribution in [-0.2, 0) is 26.4 Å². The number of hydrogen-bond acceptors (Lipinski definition) is 3. The van der Waals surface area contributed by atoms with E-state index >= 15 is 0 Å². The summed E-state index contributed by atoms with van der Waals surface area (Å²) in [6.45, 7) is 6.03. The maximum atomic E-state index is 10.8. The molecule has 4 heteroatoms. The predicted octanol–water partition coefficient (Wildman–Crippen LogP) is 3.15. The van der Waals surface area contributed by atoms with Gasteiger partial charge in [-0.3, -0.25) is 4.68 Å². The van der Waals surface area contributed by atoms with E-state index < -0.39 is 0 Å². The molecule has 0 radical (unpaired) electrons. The minimum atomic E-state index is -0.378. The van der Waals surface area contributed by atoms with Crippen LogP contribution in [0.1, 0.15) is 55.3 Å². The molecule has 3 rings (SSSR count). The third-order valence-electron chi connectivity index (χ3n) is 5.39. The zero-order chi connectivity index (χ0) is 17.2. The van der Waals surface area contributed by atoms with Gasteiger partial charge in [0, 0.05) is 36.8 Å². The fourth-order valence-electron chi connectivity index (χ4n) is 3.73. The molecule has 1 fully saturated rings. The Labute approximate surface area is 144 Å². The number of nitrogens with zero attached hydrogens (tertiary/aromatic N) is 2. The average molecular weight is 327 g/mol. The lowest BCUT2D eigenvalue weighted by atomic mass is 9.92. The number of aromatic nitrogens is 2. The molecule has 1 aliphatic carbocycles. The van der Waals surface area contributed by atoms with E-state index in [1.807, 2.05) is 42.1 Å². The summed E-state index contributed by atoms with van der Waals surface area (Å²) in [5, 5.41) is 19.0. The first kappa shape index (κ1) is 17.2. The number of hydrogen-bond donors (Lipinski definition) is 2. The van der Waals surface area contributed by atoms with Gasteiger partial charge in [0.15, 0.2) is 0 Å². The molecule has 1 unspecified atom stereocenters. The summed E-state index contributed by atoms with van der Waals surface area (Å²) in [6, 6.07) is 10.0. The molecule has 0 spiro atoms. The predicted molar refractivity (Wildman–Crippen MR) is 96.7 cm³/mol. The second kappa shape index (κ2) is 7.08. The van der Waals surface area contributed by atoms with Gasteiger partial charge in [-0.05, 0) is 31.2 Å². The highest BCUT2D eigenvalue weighted by Gasteiger charge is 2.48. The van der Waals surface area contributed by atoms with Crippen LogP contribution in [-0.4, -0.2) is 21.4 Å². The Balaban J connectivity index is 1.65. The molecule has 24 heavy (non-hydrogen) atoms. The fraction of sp³-hybridized carbons (Fsp3) is 0.550. The standard InChI is InChI=1S/C20H29N3O/c1-4-17-16(18(5-2)23(3)22-17)13-21-14-20(11-12-20)19(24)15-9-7-6-8-10-15/h6-10,19,21,24H,4-5,11-14H2,1-3H3. The maximum Gasteiger partial charge on any atom is 0.0858 e.